The molecule has 1 saturated carbocycles. The van der Waals surface area contributed by atoms with Crippen LogP contribution in [0.25, 0.3) is 0 Å². The summed E-state index contributed by atoms with van der Waals surface area (Å²) in [6, 6.07) is 18.3. The molecule has 1 aliphatic carbocycles. The van der Waals surface area contributed by atoms with Crippen LogP contribution < -0.4 is 5.32 Å². The van der Waals surface area contributed by atoms with Gasteiger partial charge in [0.1, 0.15) is 5.82 Å². The van der Waals surface area contributed by atoms with E-state index in [1.165, 1.54) is 18.4 Å². The van der Waals surface area contributed by atoms with Crippen molar-refractivity contribution in [1.29, 1.82) is 0 Å². The van der Waals surface area contributed by atoms with E-state index in [2.05, 4.69) is 29.6 Å². The van der Waals surface area contributed by atoms with Gasteiger partial charge in [0.25, 0.3) is 0 Å². The number of hydrogen-bond donors (Lipinski definition) is 1. The molecule has 21 heavy (non-hydrogen) atoms. The van der Waals surface area contributed by atoms with Crippen LogP contribution in [0.5, 0.6) is 0 Å². The summed E-state index contributed by atoms with van der Waals surface area (Å²) in [5.41, 5.74) is 2.16. The highest BCUT2D eigenvalue weighted by molar-refractivity contribution is 5.20. The molecule has 1 aliphatic rings. The highest BCUT2D eigenvalue weighted by atomic mass is 19.1. The molecule has 0 amide bonds. The van der Waals surface area contributed by atoms with Crippen molar-refractivity contribution in [2.75, 3.05) is 6.54 Å². The lowest BCUT2D eigenvalue weighted by Gasteiger charge is -2.18. The average Bonchev–Trinajstić information content (AvgIpc) is 3.32. The standard InChI is InChI=1S/C19H22FN/c20-19-9-5-4-8-17(19)13-16(14-21-18-10-11-18)12-15-6-2-1-3-7-15/h1-9,16,18,21H,10-14H2. The van der Waals surface area contributed by atoms with Gasteiger partial charge in [-0.1, -0.05) is 48.5 Å². The maximum atomic E-state index is 13.9. The normalized spacial score (nSPS) is 15.9. The summed E-state index contributed by atoms with van der Waals surface area (Å²) in [5, 5.41) is 3.59. The third kappa shape index (κ3) is 4.40. The van der Waals surface area contributed by atoms with E-state index < -0.39 is 0 Å². The fraction of sp³-hybridized carbons (Fsp3) is 0.368. The minimum absolute atomic E-state index is 0.0815. The molecule has 0 saturated heterocycles. The molecule has 3 rings (SSSR count). The lowest BCUT2D eigenvalue weighted by atomic mass is 9.92. The van der Waals surface area contributed by atoms with Crippen LogP contribution >= 0.6 is 0 Å². The Bertz CT molecular complexity index is 563. The van der Waals surface area contributed by atoms with Crippen molar-refractivity contribution in [3.8, 4) is 0 Å². The van der Waals surface area contributed by atoms with E-state index in [9.17, 15) is 4.39 Å². The second kappa shape index (κ2) is 6.86. The van der Waals surface area contributed by atoms with Crippen LogP contribution in [0.2, 0.25) is 0 Å². The molecule has 2 heteroatoms. The Morgan fingerprint density at radius 1 is 0.952 bits per heavy atom. The molecule has 110 valence electrons. The topological polar surface area (TPSA) is 12.0 Å². The zero-order chi connectivity index (χ0) is 14.5. The van der Waals surface area contributed by atoms with Crippen molar-refractivity contribution in [2.45, 2.75) is 31.7 Å². The van der Waals surface area contributed by atoms with Gasteiger partial charge in [0.2, 0.25) is 0 Å². The number of benzene rings is 2. The fourth-order valence-electron chi connectivity index (χ4n) is 2.76. The zero-order valence-electron chi connectivity index (χ0n) is 12.3. The largest absolute Gasteiger partial charge is 0.314 e. The van der Waals surface area contributed by atoms with Crippen LogP contribution in [-0.2, 0) is 12.8 Å². The van der Waals surface area contributed by atoms with E-state index in [1.54, 1.807) is 12.1 Å². The van der Waals surface area contributed by atoms with Gasteiger partial charge in [-0.15, -0.1) is 0 Å². The van der Waals surface area contributed by atoms with Crippen LogP contribution in [-0.4, -0.2) is 12.6 Å². The van der Waals surface area contributed by atoms with Crippen LogP contribution in [0.15, 0.2) is 54.6 Å². The Labute approximate surface area is 126 Å². The van der Waals surface area contributed by atoms with E-state index in [0.717, 1.165) is 24.9 Å². The average molecular weight is 283 g/mol. The number of halogens is 1. The van der Waals surface area contributed by atoms with Gasteiger partial charge in [-0.2, -0.15) is 0 Å². The highest BCUT2D eigenvalue weighted by Gasteiger charge is 2.22. The van der Waals surface area contributed by atoms with Crippen molar-refractivity contribution in [1.82, 2.24) is 5.32 Å². The van der Waals surface area contributed by atoms with Gasteiger partial charge in [0.05, 0.1) is 0 Å². The molecule has 0 heterocycles. The Morgan fingerprint density at radius 2 is 1.67 bits per heavy atom. The fourth-order valence-corrected chi connectivity index (χ4v) is 2.76. The zero-order valence-corrected chi connectivity index (χ0v) is 12.3. The molecular weight excluding hydrogens is 261 g/mol. The lowest BCUT2D eigenvalue weighted by Crippen LogP contribution is -2.27. The summed E-state index contributed by atoms with van der Waals surface area (Å²) in [6.45, 7) is 0.966. The van der Waals surface area contributed by atoms with Gasteiger partial charge < -0.3 is 5.32 Å². The summed E-state index contributed by atoms with van der Waals surface area (Å²) in [7, 11) is 0. The van der Waals surface area contributed by atoms with Crippen molar-refractivity contribution < 1.29 is 4.39 Å². The van der Waals surface area contributed by atoms with Crippen LogP contribution in [0.3, 0.4) is 0 Å². The highest BCUT2D eigenvalue weighted by Crippen LogP contribution is 2.21. The second-order valence-electron chi connectivity index (χ2n) is 6.03. The van der Waals surface area contributed by atoms with E-state index in [-0.39, 0.29) is 5.82 Å². The monoisotopic (exact) mass is 283 g/mol. The van der Waals surface area contributed by atoms with Crippen molar-refractivity contribution >= 4 is 0 Å². The Hall–Kier alpha value is -1.67. The first-order valence-corrected chi connectivity index (χ1v) is 7.82. The summed E-state index contributed by atoms with van der Waals surface area (Å²) in [4.78, 5) is 0. The third-order valence-corrected chi connectivity index (χ3v) is 4.11. The number of rotatable bonds is 7. The molecule has 1 nitrogen and oxygen atoms in total. The molecule has 2 aromatic rings. The van der Waals surface area contributed by atoms with Gasteiger partial charge in [-0.25, -0.2) is 4.39 Å². The molecule has 0 aromatic heterocycles. The number of nitrogens with one attached hydrogen (secondary N) is 1. The SMILES string of the molecule is Fc1ccccc1CC(CNC1CC1)Cc1ccccc1. The van der Waals surface area contributed by atoms with Gasteiger partial charge >= 0.3 is 0 Å². The molecule has 0 bridgehead atoms. The predicted octanol–water partition coefficient (Wildman–Crippen LogP) is 3.98. The Kier molecular flexibility index (Phi) is 4.66. The summed E-state index contributed by atoms with van der Waals surface area (Å²) < 4.78 is 13.9. The molecule has 0 spiro atoms. The van der Waals surface area contributed by atoms with E-state index in [4.69, 9.17) is 0 Å². The first-order valence-electron chi connectivity index (χ1n) is 7.82. The maximum Gasteiger partial charge on any atom is 0.126 e. The first-order chi connectivity index (χ1) is 10.3. The van der Waals surface area contributed by atoms with E-state index in [0.29, 0.717) is 12.0 Å². The molecular formula is C19H22FN. The smallest absolute Gasteiger partial charge is 0.126 e. The Morgan fingerprint density at radius 3 is 2.38 bits per heavy atom. The Balaban J connectivity index is 1.67. The van der Waals surface area contributed by atoms with Gasteiger partial charge in [0.15, 0.2) is 0 Å². The van der Waals surface area contributed by atoms with Crippen LogP contribution in [0.1, 0.15) is 24.0 Å². The van der Waals surface area contributed by atoms with Crippen molar-refractivity contribution in [3.63, 3.8) is 0 Å². The predicted molar refractivity (Wildman–Crippen MR) is 84.8 cm³/mol. The molecule has 0 radical (unpaired) electrons. The van der Waals surface area contributed by atoms with Crippen molar-refractivity contribution in [2.24, 2.45) is 5.92 Å². The summed E-state index contributed by atoms with van der Waals surface area (Å²) in [6.07, 6.45) is 4.37. The van der Waals surface area contributed by atoms with E-state index >= 15 is 0 Å². The van der Waals surface area contributed by atoms with E-state index in [1.807, 2.05) is 18.2 Å². The minimum atomic E-state index is -0.0815. The first kappa shape index (κ1) is 14.3. The van der Waals surface area contributed by atoms with Gasteiger partial charge in [-0.3, -0.25) is 0 Å². The quantitative estimate of drug-likeness (QED) is 0.810. The number of hydrogen-bond acceptors (Lipinski definition) is 1. The summed E-state index contributed by atoms with van der Waals surface area (Å²) >= 11 is 0. The molecule has 1 atom stereocenters. The molecule has 2 aromatic carbocycles. The molecule has 1 unspecified atom stereocenters. The molecule has 1 N–H and O–H groups in total. The molecule has 1 fully saturated rings. The third-order valence-electron chi connectivity index (χ3n) is 4.11. The lowest BCUT2D eigenvalue weighted by molar-refractivity contribution is 0.459. The second-order valence-corrected chi connectivity index (χ2v) is 6.03. The maximum absolute atomic E-state index is 13.9. The van der Waals surface area contributed by atoms with Crippen LogP contribution in [0.4, 0.5) is 4.39 Å². The van der Waals surface area contributed by atoms with Crippen molar-refractivity contribution in [3.05, 3.63) is 71.5 Å². The van der Waals surface area contributed by atoms with Gasteiger partial charge in [0, 0.05) is 6.04 Å². The van der Waals surface area contributed by atoms with Crippen LogP contribution in [0, 0.1) is 11.7 Å². The minimum Gasteiger partial charge on any atom is -0.314 e. The molecule has 0 aliphatic heterocycles. The van der Waals surface area contributed by atoms with Gasteiger partial charge in [-0.05, 0) is 55.3 Å². The summed E-state index contributed by atoms with van der Waals surface area (Å²) in [5.74, 6) is 0.354.